The van der Waals surface area contributed by atoms with Gasteiger partial charge < -0.3 is 19.7 Å². The predicted molar refractivity (Wildman–Crippen MR) is 87.3 cm³/mol. The molecule has 2 atom stereocenters. The summed E-state index contributed by atoms with van der Waals surface area (Å²) in [5.74, 6) is 1.03. The van der Waals surface area contributed by atoms with Gasteiger partial charge in [-0.05, 0) is 25.7 Å². The maximum Gasteiger partial charge on any atom is 0.193 e. The first-order chi connectivity index (χ1) is 10.9. The Morgan fingerprint density at radius 2 is 2.00 bits per heavy atom. The molecule has 3 saturated heterocycles. The van der Waals surface area contributed by atoms with Crippen LogP contribution in [0.25, 0.3) is 0 Å². The number of likely N-dealkylation sites (tertiary alicyclic amines) is 1. The number of hydrogen-bond acceptors (Lipinski definition) is 4. The van der Waals surface area contributed by atoms with Gasteiger partial charge in [-0.1, -0.05) is 0 Å². The lowest BCUT2D eigenvalue weighted by molar-refractivity contribution is 0.0180. The van der Waals surface area contributed by atoms with Crippen molar-refractivity contribution in [1.29, 1.82) is 0 Å². The van der Waals surface area contributed by atoms with Crippen LogP contribution in [0.15, 0.2) is 4.99 Å². The summed E-state index contributed by atoms with van der Waals surface area (Å²) in [5.41, 5.74) is 0. The van der Waals surface area contributed by atoms with E-state index < -0.39 is 0 Å². The van der Waals surface area contributed by atoms with E-state index >= 15 is 0 Å². The fraction of sp³-hybridized carbons (Fsp3) is 0.938. The van der Waals surface area contributed by atoms with Gasteiger partial charge in [0, 0.05) is 52.4 Å². The van der Waals surface area contributed by atoms with Crippen LogP contribution in [0.5, 0.6) is 0 Å². The minimum absolute atomic E-state index is 0.350. The standard InChI is InChI=1S/C16H30N4O2/c1-17-16(18-12-15-4-2-3-9-22-15)20-6-5-14(13-20)19-7-10-21-11-8-19/h14-15H,2-13H2,1H3,(H,17,18). The molecule has 0 aromatic rings. The molecule has 3 fully saturated rings. The molecule has 3 heterocycles. The van der Waals surface area contributed by atoms with Crippen LogP contribution in [0.4, 0.5) is 0 Å². The molecule has 126 valence electrons. The molecule has 3 rings (SSSR count). The molecule has 2 unspecified atom stereocenters. The molecule has 22 heavy (non-hydrogen) atoms. The molecule has 0 aromatic carbocycles. The predicted octanol–water partition coefficient (Wildman–Crippen LogP) is 0.537. The number of ether oxygens (including phenoxy) is 2. The molecule has 1 N–H and O–H groups in total. The largest absolute Gasteiger partial charge is 0.379 e. The van der Waals surface area contributed by atoms with E-state index in [1.807, 2.05) is 7.05 Å². The molecule has 0 bridgehead atoms. The molecule has 6 nitrogen and oxygen atoms in total. The summed E-state index contributed by atoms with van der Waals surface area (Å²) in [6, 6.07) is 0.647. The number of nitrogens with zero attached hydrogens (tertiary/aromatic N) is 3. The van der Waals surface area contributed by atoms with Gasteiger partial charge in [-0.2, -0.15) is 0 Å². The maximum atomic E-state index is 5.79. The first kappa shape index (κ1) is 16.0. The average Bonchev–Trinajstić information content (AvgIpc) is 3.07. The summed E-state index contributed by atoms with van der Waals surface area (Å²) >= 11 is 0. The van der Waals surface area contributed by atoms with E-state index in [1.165, 1.54) is 25.7 Å². The molecule has 6 heteroatoms. The van der Waals surface area contributed by atoms with Gasteiger partial charge in [0.15, 0.2) is 5.96 Å². The quantitative estimate of drug-likeness (QED) is 0.609. The Kier molecular flexibility index (Phi) is 5.92. The first-order valence-corrected chi connectivity index (χ1v) is 8.76. The van der Waals surface area contributed by atoms with Gasteiger partial charge >= 0.3 is 0 Å². The normalized spacial score (nSPS) is 31.5. The third-order valence-electron chi connectivity index (χ3n) is 5.00. The summed E-state index contributed by atoms with van der Waals surface area (Å²) in [6.45, 7) is 7.85. The van der Waals surface area contributed by atoms with Gasteiger partial charge in [0.2, 0.25) is 0 Å². The van der Waals surface area contributed by atoms with E-state index in [0.29, 0.717) is 12.1 Å². The highest BCUT2D eigenvalue weighted by molar-refractivity contribution is 5.80. The number of guanidine groups is 1. The monoisotopic (exact) mass is 310 g/mol. The zero-order chi connectivity index (χ0) is 15.2. The van der Waals surface area contributed by atoms with E-state index in [-0.39, 0.29) is 0 Å². The summed E-state index contributed by atoms with van der Waals surface area (Å²) in [7, 11) is 1.88. The van der Waals surface area contributed by atoms with E-state index in [9.17, 15) is 0 Å². The molecule has 0 spiro atoms. The van der Waals surface area contributed by atoms with Crippen LogP contribution < -0.4 is 5.32 Å². The van der Waals surface area contributed by atoms with Crippen molar-refractivity contribution in [2.24, 2.45) is 4.99 Å². The van der Waals surface area contributed by atoms with E-state index in [4.69, 9.17) is 9.47 Å². The summed E-state index contributed by atoms with van der Waals surface area (Å²) < 4.78 is 11.2. The number of aliphatic imine (C=N–C) groups is 1. The summed E-state index contributed by atoms with van der Waals surface area (Å²) in [4.78, 5) is 9.43. The molecular formula is C16H30N4O2. The van der Waals surface area contributed by atoms with Gasteiger partial charge in [0.05, 0.1) is 19.3 Å². The lowest BCUT2D eigenvalue weighted by Gasteiger charge is -2.32. The molecular weight excluding hydrogens is 280 g/mol. The Morgan fingerprint density at radius 1 is 1.14 bits per heavy atom. The minimum atomic E-state index is 0.350. The van der Waals surface area contributed by atoms with Crippen molar-refractivity contribution in [1.82, 2.24) is 15.1 Å². The van der Waals surface area contributed by atoms with Crippen molar-refractivity contribution in [3.05, 3.63) is 0 Å². The van der Waals surface area contributed by atoms with Crippen molar-refractivity contribution < 1.29 is 9.47 Å². The van der Waals surface area contributed by atoms with Crippen molar-refractivity contribution in [2.45, 2.75) is 37.8 Å². The average molecular weight is 310 g/mol. The van der Waals surface area contributed by atoms with Crippen LogP contribution >= 0.6 is 0 Å². The molecule has 0 amide bonds. The zero-order valence-electron chi connectivity index (χ0n) is 13.8. The lowest BCUT2D eigenvalue weighted by atomic mass is 10.1. The highest BCUT2D eigenvalue weighted by atomic mass is 16.5. The topological polar surface area (TPSA) is 49.3 Å². The van der Waals surface area contributed by atoms with Gasteiger partial charge in [0.1, 0.15) is 0 Å². The molecule has 0 radical (unpaired) electrons. The second kappa shape index (κ2) is 8.13. The third-order valence-corrected chi connectivity index (χ3v) is 5.00. The van der Waals surface area contributed by atoms with Crippen LogP contribution in [0.1, 0.15) is 25.7 Å². The highest BCUT2D eigenvalue weighted by Gasteiger charge is 2.30. The second-order valence-electron chi connectivity index (χ2n) is 6.45. The van der Waals surface area contributed by atoms with Crippen LogP contribution in [-0.4, -0.2) is 87.5 Å². The van der Waals surface area contributed by atoms with E-state index in [2.05, 4.69) is 20.1 Å². The van der Waals surface area contributed by atoms with Crippen LogP contribution in [-0.2, 0) is 9.47 Å². The van der Waals surface area contributed by atoms with Gasteiger partial charge in [-0.3, -0.25) is 9.89 Å². The van der Waals surface area contributed by atoms with Crippen molar-refractivity contribution in [3.63, 3.8) is 0 Å². The minimum Gasteiger partial charge on any atom is -0.379 e. The molecule has 0 aliphatic carbocycles. The van der Waals surface area contributed by atoms with E-state index in [1.54, 1.807) is 0 Å². The highest BCUT2D eigenvalue weighted by Crippen LogP contribution is 2.17. The summed E-state index contributed by atoms with van der Waals surface area (Å²) in [6.07, 6.45) is 5.23. The van der Waals surface area contributed by atoms with Gasteiger partial charge in [0.25, 0.3) is 0 Å². The van der Waals surface area contributed by atoms with Crippen molar-refractivity contribution in [2.75, 3.05) is 59.6 Å². The Morgan fingerprint density at radius 3 is 2.73 bits per heavy atom. The van der Waals surface area contributed by atoms with Crippen molar-refractivity contribution >= 4 is 5.96 Å². The molecule has 3 aliphatic rings. The maximum absolute atomic E-state index is 5.79. The lowest BCUT2D eigenvalue weighted by Crippen LogP contribution is -2.47. The third kappa shape index (κ3) is 4.12. The number of nitrogens with one attached hydrogen (secondary N) is 1. The zero-order valence-corrected chi connectivity index (χ0v) is 13.8. The Balaban J connectivity index is 1.45. The second-order valence-corrected chi connectivity index (χ2v) is 6.45. The SMILES string of the molecule is CN=C(NCC1CCCCO1)N1CCC(N2CCOCC2)C1. The van der Waals surface area contributed by atoms with Gasteiger partial charge in [-0.15, -0.1) is 0 Å². The fourth-order valence-electron chi connectivity index (χ4n) is 3.68. The summed E-state index contributed by atoms with van der Waals surface area (Å²) in [5, 5.41) is 3.51. The fourth-order valence-corrected chi connectivity index (χ4v) is 3.68. The smallest absolute Gasteiger partial charge is 0.193 e. The van der Waals surface area contributed by atoms with E-state index in [0.717, 1.165) is 58.5 Å². The number of hydrogen-bond donors (Lipinski definition) is 1. The Hall–Kier alpha value is -0.850. The molecule has 0 saturated carbocycles. The molecule has 0 aromatic heterocycles. The number of rotatable bonds is 3. The molecule has 3 aliphatic heterocycles. The van der Waals surface area contributed by atoms with Crippen LogP contribution in [0.3, 0.4) is 0 Å². The van der Waals surface area contributed by atoms with Crippen LogP contribution in [0, 0.1) is 0 Å². The van der Waals surface area contributed by atoms with Crippen molar-refractivity contribution in [3.8, 4) is 0 Å². The number of morpholine rings is 1. The van der Waals surface area contributed by atoms with Crippen LogP contribution in [0.2, 0.25) is 0 Å². The Labute approximate surface area is 133 Å². The van der Waals surface area contributed by atoms with Gasteiger partial charge in [-0.25, -0.2) is 0 Å². The Bertz CT molecular complexity index is 365. The first-order valence-electron chi connectivity index (χ1n) is 8.76.